The summed E-state index contributed by atoms with van der Waals surface area (Å²) in [4.78, 5) is 14.3. The van der Waals surface area contributed by atoms with Crippen molar-refractivity contribution < 1.29 is 23.1 Å². The maximum atomic E-state index is 13.4. The van der Waals surface area contributed by atoms with Crippen LogP contribution >= 0.6 is 0 Å². The molecule has 0 fully saturated rings. The summed E-state index contributed by atoms with van der Waals surface area (Å²) in [6, 6.07) is 11.7. The minimum Gasteiger partial charge on any atom is -0.486 e. The van der Waals surface area contributed by atoms with E-state index in [1.54, 1.807) is 14.0 Å². The number of fused-ring (bicyclic) bond motifs is 2. The number of para-hydroxylation sites is 2. The normalized spacial score (nSPS) is 15.9. The van der Waals surface area contributed by atoms with Crippen LogP contribution in [0.4, 0.5) is 4.39 Å². The van der Waals surface area contributed by atoms with Gasteiger partial charge in [0.1, 0.15) is 18.0 Å². The number of rotatable bonds is 3. The molecule has 3 aromatic rings. The Morgan fingerprint density at radius 1 is 1.23 bits per heavy atom. The van der Waals surface area contributed by atoms with Crippen LogP contribution in [0.2, 0.25) is 0 Å². The van der Waals surface area contributed by atoms with Gasteiger partial charge in [-0.1, -0.05) is 12.1 Å². The third-order valence-corrected chi connectivity index (χ3v) is 4.48. The molecule has 0 N–H and O–H groups in total. The number of halogens is 1. The predicted molar refractivity (Wildman–Crippen MR) is 94.2 cm³/mol. The van der Waals surface area contributed by atoms with Gasteiger partial charge in [0.25, 0.3) is 5.91 Å². The van der Waals surface area contributed by atoms with Gasteiger partial charge in [-0.15, -0.1) is 0 Å². The minimum absolute atomic E-state index is 0.213. The average molecular weight is 355 g/mol. The summed E-state index contributed by atoms with van der Waals surface area (Å²) >= 11 is 0. The van der Waals surface area contributed by atoms with E-state index in [0.29, 0.717) is 41.2 Å². The number of aryl methyl sites for hydroxylation is 1. The topological polar surface area (TPSA) is 51.9 Å². The molecule has 0 saturated heterocycles. The first-order valence-corrected chi connectivity index (χ1v) is 8.35. The van der Waals surface area contributed by atoms with Crippen molar-refractivity contribution in [1.29, 1.82) is 0 Å². The molecule has 1 aliphatic rings. The fourth-order valence-electron chi connectivity index (χ4n) is 3.11. The number of carbonyl (C=O) groups excluding carboxylic acids is 1. The van der Waals surface area contributed by atoms with Crippen LogP contribution < -0.4 is 9.47 Å². The number of ether oxygens (including phenoxy) is 2. The van der Waals surface area contributed by atoms with Gasteiger partial charge in [-0.3, -0.25) is 4.79 Å². The van der Waals surface area contributed by atoms with E-state index in [1.165, 1.54) is 23.1 Å². The van der Waals surface area contributed by atoms with Crippen molar-refractivity contribution in [3.8, 4) is 11.5 Å². The zero-order valence-electron chi connectivity index (χ0n) is 14.5. The molecule has 1 unspecified atom stereocenters. The first-order chi connectivity index (χ1) is 12.5. The van der Waals surface area contributed by atoms with Crippen LogP contribution in [0.1, 0.15) is 16.1 Å². The molecule has 1 aliphatic heterocycles. The van der Waals surface area contributed by atoms with Gasteiger partial charge in [0, 0.05) is 18.0 Å². The number of carbonyl (C=O) groups is 1. The Hall–Kier alpha value is -3.02. The SMILES string of the molecule is Cc1c(C(=O)N(C)CC2COc3ccccc3O2)oc2ccc(F)cc12. The molecule has 2 heterocycles. The second-order valence-corrected chi connectivity index (χ2v) is 6.38. The molecule has 0 spiro atoms. The van der Waals surface area contributed by atoms with Crippen molar-refractivity contribution in [3.63, 3.8) is 0 Å². The number of nitrogens with zero attached hydrogens (tertiary/aromatic N) is 1. The molecule has 0 bridgehead atoms. The number of likely N-dealkylation sites (N-methyl/N-ethyl adjacent to an activating group) is 1. The number of hydrogen-bond acceptors (Lipinski definition) is 4. The lowest BCUT2D eigenvalue weighted by Gasteiger charge is -2.29. The van der Waals surface area contributed by atoms with Gasteiger partial charge in [0.15, 0.2) is 23.4 Å². The van der Waals surface area contributed by atoms with Crippen molar-refractivity contribution in [1.82, 2.24) is 4.90 Å². The van der Waals surface area contributed by atoms with Gasteiger partial charge < -0.3 is 18.8 Å². The van der Waals surface area contributed by atoms with Crippen LogP contribution in [-0.4, -0.2) is 37.1 Å². The van der Waals surface area contributed by atoms with Crippen molar-refractivity contribution in [2.45, 2.75) is 13.0 Å². The Morgan fingerprint density at radius 2 is 2.00 bits per heavy atom. The smallest absolute Gasteiger partial charge is 0.289 e. The summed E-state index contributed by atoms with van der Waals surface area (Å²) in [7, 11) is 1.68. The van der Waals surface area contributed by atoms with Crippen molar-refractivity contribution in [2.24, 2.45) is 0 Å². The van der Waals surface area contributed by atoms with E-state index in [1.807, 2.05) is 24.3 Å². The third kappa shape index (κ3) is 2.87. The van der Waals surface area contributed by atoms with Gasteiger partial charge in [-0.05, 0) is 37.3 Å². The Kier molecular flexibility index (Phi) is 4.03. The summed E-state index contributed by atoms with van der Waals surface area (Å²) in [5, 5.41) is 0.605. The molecule has 0 saturated carbocycles. The molecule has 0 radical (unpaired) electrons. The Morgan fingerprint density at radius 3 is 2.81 bits per heavy atom. The Balaban J connectivity index is 1.51. The fourth-order valence-corrected chi connectivity index (χ4v) is 3.11. The van der Waals surface area contributed by atoms with Gasteiger partial charge >= 0.3 is 0 Å². The number of hydrogen-bond donors (Lipinski definition) is 0. The summed E-state index contributed by atoms with van der Waals surface area (Å²) in [6.07, 6.45) is -0.277. The molecular weight excluding hydrogens is 337 g/mol. The van der Waals surface area contributed by atoms with Crippen LogP contribution in [-0.2, 0) is 0 Å². The second kappa shape index (κ2) is 6.37. The maximum Gasteiger partial charge on any atom is 0.289 e. The van der Waals surface area contributed by atoms with Crippen molar-refractivity contribution >= 4 is 16.9 Å². The quantitative estimate of drug-likeness (QED) is 0.717. The lowest BCUT2D eigenvalue weighted by atomic mass is 10.1. The van der Waals surface area contributed by atoms with Crippen LogP contribution in [0.5, 0.6) is 11.5 Å². The molecular formula is C20H18FNO4. The lowest BCUT2D eigenvalue weighted by Crippen LogP contribution is -2.41. The first kappa shape index (κ1) is 16.4. The van der Waals surface area contributed by atoms with Gasteiger partial charge in [-0.25, -0.2) is 4.39 Å². The summed E-state index contributed by atoms with van der Waals surface area (Å²) in [5.74, 6) is 0.944. The number of amides is 1. The highest BCUT2D eigenvalue weighted by Crippen LogP contribution is 2.31. The van der Waals surface area contributed by atoms with E-state index in [-0.39, 0.29) is 23.6 Å². The Labute approximate surface area is 149 Å². The monoisotopic (exact) mass is 355 g/mol. The molecule has 26 heavy (non-hydrogen) atoms. The van der Waals surface area contributed by atoms with Crippen LogP contribution in [0.15, 0.2) is 46.9 Å². The van der Waals surface area contributed by atoms with E-state index in [9.17, 15) is 9.18 Å². The highest BCUT2D eigenvalue weighted by Gasteiger charge is 2.27. The third-order valence-electron chi connectivity index (χ3n) is 4.48. The zero-order valence-corrected chi connectivity index (χ0v) is 14.5. The molecule has 134 valence electrons. The van der Waals surface area contributed by atoms with Crippen LogP contribution in [0, 0.1) is 12.7 Å². The van der Waals surface area contributed by atoms with Crippen LogP contribution in [0.3, 0.4) is 0 Å². The molecule has 5 nitrogen and oxygen atoms in total. The molecule has 4 rings (SSSR count). The molecule has 0 aliphatic carbocycles. The van der Waals surface area contributed by atoms with Gasteiger partial charge in [0.2, 0.25) is 0 Å². The van der Waals surface area contributed by atoms with Crippen molar-refractivity contribution in [3.05, 3.63) is 59.6 Å². The largest absolute Gasteiger partial charge is 0.486 e. The van der Waals surface area contributed by atoms with Gasteiger partial charge in [-0.2, -0.15) is 0 Å². The van der Waals surface area contributed by atoms with Crippen LogP contribution in [0.25, 0.3) is 11.0 Å². The molecule has 2 aromatic carbocycles. The minimum atomic E-state index is -0.361. The highest BCUT2D eigenvalue weighted by atomic mass is 19.1. The average Bonchev–Trinajstić information content (AvgIpc) is 2.97. The zero-order chi connectivity index (χ0) is 18.3. The van der Waals surface area contributed by atoms with Gasteiger partial charge in [0.05, 0.1) is 6.54 Å². The predicted octanol–water partition coefficient (Wildman–Crippen LogP) is 3.79. The number of benzene rings is 2. The lowest BCUT2D eigenvalue weighted by molar-refractivity contribution is 0.0502. The summed E-state index contributed by atoms with van der Waals surface area (Å²) in [6.45, 7) is 2.46. The molecule has 1 aromatic heterocycles. The van der Waals surface area contributed by atoms with E-state index < -0.39 is 0 Å². The van der Waals surface area contributed by atoms with E-state index >= 15 is 0 Å². The fraction of sp³-hybridized carbons (Fsp3) is 0.250. The molecule has 6 heteroatoms. The van der Waals surface area contributed by atoms with E-state index in [0.717, 1.165) is 0 Å². The van der Waals surface area contributed by atoms with E-state index in [4.69, 9.17) is 13.9 Å². The molecule has 1 atom stereocenters. The summed E-state index contributed by atoms with van der Waals surface area (Å²) < 4.78 is 30.7. The van der Waals surface area contributed by atoms with Crippen molar-refractivity contribution in [2.75, 3.05) is 20.2 Å². The standard InChI is InChI=1S/C20H18FNO4/c1-12-15-9-13(21)7-8-16(15)26-19(12)20(23)22(2)10-14-11-24-17-5-3-4-6-18(17)25-14/h3-9,14H,10-11H2,1-2H3. The maximum absolute atomic E-state index is 13.4. The summed E-state index contributed by atoms with van der Waals surface area (Å²) in [5.41, 5.74) is 1.12. The number of furan rings is 1. The highest BCUT2D eigenvalue weighted by molar-refractivity contribution is 5.98. The first-order valence-electron chi connectivity index (χ1n) is 8.35. The molecule has 1 amide bonds. The second-order valence-electron chi connectivity index (χ2n) is 6.38. The Bertz CT molecular complexity index is 981. The van der Waals surface area contributed by atoms with E-state index in [2.05, 4.69) is 0 Å².